The van der Waals surface area contributed by atoms with Crippen LogP contribution >= 0.6 is 0 Å². The Labute approximate surface area is 140 Å². The van der Waals surface area contributed by atoms with E-state index in [1.165, 1.54) is 0 Å². The number of aromatic nitrogens is 1. The zero-order chi connectivity index (χ0) is 16.9. The fraction of sp³-hybridized carbons (Fsp3) is 0.353. The van der Waals surface area contributed by atoms with Crippen LogP contribution in [0, 0.1) is 0 Å². The van der Waals surface area contributed by atoms with Crippen LogP contribution in [0.15, 0.2) is 41.1 Å². The van der Waals surface area contributed by atoms with E-state index in [2.05, 4.69) is 15.2 Å². The Balaban J connectivity index is 1.61. The molecule has 7 heteroatoms. The van der Waals surface area contributed by atoms with Gasteiger partial charge in [-0.2, -0.15) is 0 Å². The second-order valence-corrected chi connectivity index (χ2v) is 5.65. The van der Waals surface area contributed by atoms with E-state index in [1.807, 2.05) is 11.0 Å². The number of hydrogen-bond acceptors (Lipinski definition) is 5. The van der Waals surface area contributed by atoms with Crippen LogP contribution in [0.5, 0.6) is 0 Å². The number of hydrogen-bond donors (Lipinski definition) is 1. The molecule has 1 saturated heterocycles. The van der Waals surface area contributed by atoms with Crippen molar-refractivity contribution in [2.45, 2.75) is 13.5 Å². The average Bonchev–Trinajstić information content (AvgIpc) is 3.13. The average molecular weight is 328 g/mol. The van der Waals surface area contributed by atoms with E-state index in [0.717, 1.165) is 18.8 Å². The lowest BCUT2D eigenvalue weighted by Crippen LogP contribution is -2.48. The van der Waals surface area contributed by atoms with Gasteiger partial charge >= 0.3 is 0 Å². The van der Waals surface area contributed by atoms with Crippen molar-refractivity contribution >= 4 is 17.5 Å². The number of nitrogens with one attached hydrogen (secondary N) is 1. The van der Waals surface area contributed by atoms with E-state index >= 15 is 0 Å². The van der Waals surface area contributed by atoms with Gasteiger partial charge in [0.15, 0.2) is 0 Å². The van der Waals surface area contributed by atoms with Crippen LogP contribution in [0.4, 0.5) is 5.69 Å². The molecular weight excluding hydrogens is 308 g/mol. The van der Waals surface area contributed by atoms with Gasteiger partial charge in [0.1, 0.15) is 11.5 Å². The molecule has 0 unspecified atom stereocenters. The number of pyridine rings is 1. The standard InChI is InChI=1S/C17H20N4O3/c1-13(22)20-6-8-21(9-7-20)14-4-5-18-16(11-14)17(23)19-12-15-3-2-10-24-15/h2-5,10-11H,6-9,12H2,1H3,(H,19,23). The van der Waals surface area contributed by atoms with Gasteiger partial charge in [0, 0.05) is 45.0 Å². The molecule has 1 aliphatic heterocycles. The molecule has 0 bridgehead atoms. The summed E-state index contributed by atoms with van der Waals surface area (Å²) in [6, 6.07) is 7.24. The minimum atomic E-state index is -0.240. The highest BCUT2D eigenvalue weighted by molar-refractivity contribution is 5.93. The largest absolute Gasteiger partial charge is 0.467 e. The van der Waals surface area contributed by atoms with E-state index in [1.54, 1.807) is 37.6 Å². The van der Waals surface area contributed by atoms with E-state index < -0.39 is 0 Å². The first-order valence-electron chi connectivity index (χ1n) is 7.90. The van der Waals surface area contributed by atoms with Crippen LogP contribution in [0.2, 0.25) is 0 Å². The lowest BCUT2D eigenvalue weighted by Gasteiger charge is -2.35. The van der Waals surface area contributed by atoms with Crippen molar-refractivity contribution in [2.75, 3.05) is 31.1 Å². The lowest BCUT2D eigenvalue weighted by molar-refractivity contribution is -0.129. The monoisotopic (exact) mass is 328 g/mol. The van der Waals surface area contributed by atoms with Crippen molar-refractivity contribution in [3.63, 3.8) is 0 Å². The van der Waals surface area contributed by atoms with Gasteiger partial charge in [0.05, 0.1) is 12.8 Å². The number of carbonyl (C=O) groups excluding carboxylic acids is 2. The van der Waals surface area contributed by atoms with Gasteiger partial charge in [-0.25, -0.2) is 0 Å². The molecule has 3 rings (SSSR count). The molecule has 0 radical (unpaired) electrons. The van der Waals surface area contributed by atoms with Crippen LogP contribution in [-0.4, -0.2) is 47.9 Å². The summed E-state index contributed by atoms with van der Waals surface area (Å²) in [4.78, 5) is 31.7. The minimum absolute atomic E-state index is 0.0994. The highest BCUT2D eigenvalue weighted by atomic mass is 16.3. The Morgan fingerprint density at radius 3 is 2.71 bits per heavy atom. The third kappa shape index (κ3) is 3.73. The van der Waals surface area contributed by atoms with Crippen LogP contribution < -0.4 is 10.2 Å². The summed E-state index contributed by atoms with van der Waals surface area (Å²) in [5.74, 6) is 0.554. The predicted molar refractivity (Wildman–Crippen MR) is 88.6 cm³/mol. The lowest BCUT2D eigenvalue weighted by atomic mass is 10.2. The summed E-state index contributed by atoms with van der Waals surface area (Å²) in [6.07, 6.45) is 3.20. The molecule has 2 amide bonds. The molecule has 1 fully saturated rings. The molecule has 7 nitrogen and oxygen atoms in total. The summed E-state index contributed by atoms with van der Waals surface area (Å²) >= 11 is 0. The number of furan rings is 1. The van der Waals surface area contributed by atoms with E-state index in [4.69, 9.17) is 4.42 Å². The SMILES string of the molecule is CC(=O)N1CCN(c2ccnc(C(=O)NCc3ccco3)c2)CC1. The Morgan fingerprint density at radius 2 is 2.04 bits per heavy atom. The zero-order valence-electron chi connectivity index (χ0n) is 13.6. The smallest absolute Gasteiger partial charge is 0.270 e. The molecule has 126 valence electrons. The Hall–Kier alpha value is -2.83. The van der Waals surface area contributed by atoms with Gasteiger partial charge in [0.25, 0.3) is 5.91 Å². The fourth-order valence-corrected chi connectivity index (χ4v) is 2.69. The molecule has 24 heavy (non-hydrogen) atoms. The highest BCUT2D eigenvalue weighted by Crippen LogP contribution is 2.17. The molecule has 1 N–H and O–H groups in total. The molecule has 0 spiro atoms. The summed E-state index contributed by atoms with van der Waals surface area (Å²) < 4.78 is 5.19. The van der Waals surface area contributed by atoms with Crippen molar-refractivity contribution in [2.24, 2.45) is 0 Å². The number of nitrogens with zero attached hydrogens (tertiary/aromatic N) is 3. The second kappa shape index (κ2) is 7.16. The van der Waals surface area contributed by atoms with Gasteiger partial charge < -0.3 is 19.5 Å². The van der Waals surface area contributed by atoms with Crippen LogP contribution in [0.25, 0.3) is 0 Å². The van der Waals surface area contributed by atoms with Gasteiger partial charge in [-0.05, 0) is 24.3 Å². The zero-order valence-corrected chi connectivity index (χ0v) is 13.6. The number of carbonyl (C=O) groups is 2. The Bertz CT molecular complexity index is 706. The van der Waals surface area contributed by atoms with Gasteiger partial charge in [0.2, 0.25) is 5.91 Å². The third-order valence-electron chi connectivity index (χ3n) is 4.07. The van der Waals surface area contributed by atoms with E-state index in [-0.39, 0.29) is 11.8 Å². The Morgan fingerprint density at radius 1 is 1.25 bits per heavy atom. The van der Waals surface area contributed by atoms with Crippen LogP contribution in [0.3, 0.4) is 0 Å². The van der Waals surface area contributed by atoms with E-state index in [0.29, 0.717) is 31.1 Å². The van der Waals surface area contributed by atoms with Crippen molar-refractivity contribution in [1.29, 1.82) is 0 Å². The summed E-state index contributed by atoms with van der Waals surface area (Å²) in [5, 5.41) is 2.79. The van der Waals surface area contributed by atoms with Crippen LogP contribution in [-0.2, 0) is 11.3 Å². The van der Waals surface area contributed by atoms with Crippen molar-refractivity contribution in [3.05, 3.63) is 48.2 Å². The third-order valence-corrected chi connectivity index (χ3v) is 4.07. The maximum Gasteiger partial charge on any atom is 0.270 e. The summed E-state index contributed by atoms with van der Waals surface area (Å²) in [6.45, 7) is 4.79. The number of anilines is 1. The first-order chi connectivity index (χ1) is 11.6. The molecular formula is C17H20N4O3. The molecule has 2 aromatic heterocycles. The van der Waals surface area contributed by atoms with Gasteiger partial charge in [-0.1, -0.05) is 0 Å². The first kappa shape index (κ1) is 16.0. The summed E-state index contributed by atoms with van der Waals surface area (Å²) in [7, 11) is 0. The summed E-state index contributed by atoms with van der Waals surface area (Å²) in [5.41, 5.74) is 1.31. The number of amides is 2. The van der Waals surface area contributed by atoms with Gasteiger partial charge in [-0.15, -0.1) is 0 Å². The maximum atomic E-state index is 12.2. The van der Waals surface area contributed by atoms with Gasteiger partial charge in [-0.3, -0.25) is 14.6 Å². The molecule has 0 aromatic carbocycles. The fourth-order valence-electron chi connectivity index (χ4n) is 2.69. The van der Waals surface area contributed by atoms with Crippen molar-refractivity contribution in [1.82, 2.24) is 15.2 Å². The Kier molecular flexibility index (Phi) is 4.79. The second-order valence-electron chi connectivity index (χ2n) is 5.65. The van der Waals surface area contributed by atoms with Crippen molar-refractivity contribution < 1.29 is 14.0 Å². The quantitative estimate of drug-likeness (QED) is 0.914. The van der Waals surface area contributed by atoms with Crippen LogP contribution in [0.1, 0.15) is 23.2 Å². The van der Waals surface area contributed by atoms with E-state index in [9.17, 15) is 9.59 Å². The topological polar surface area (TPSA) is 78.7 Å². The number of piperazine rings is 1. The first-order valence-corrected chi connectivity index (χ1v) is 7.90. The number of rotatable bonds is 4. The molecule has 3 heterocycles. The molecule has 0 saturated carbocycles. The molecule has 2 aromatic rings. The molecule has 0 aliphatic carbocycles. The molecule has 1 aliphatic rings. The normalized spacial score (nSPS) is 14.5. The van der Waals surface area contributed by atoms with Crippen molar-refractivity contribution in [3.8, 4) is 0 Å². The predicted octanol–water partition coefficient (Wildman–Crippen LogP) is 1.27. The molecule has 0 atom stereocenters. The maximum absolute atomic E-state index is 12.2. The highest BCUT2D eigenvalue weighted by Gasteiger charge is 2.19. The minimum Gasteiger partial charge on any atom is -0.467 e.